The van der Waals surface area contributed by atoms with Gasteiger partial charge in [0.25, 0.3) is 0 Å². The topological polar surface area (TPSA) is 34.1 Å². The van der Waals surface area contributed by atoms with E-state index in [0.717, 1.165) is 43.7 Å². The fourth-order valence-electron chi connectivity index (χ4n) is 4.48. The number of para-hydroxylation sites is 1. The van der Waals surface area contributed by atoms with Crippen molar-refractivity contribution in [3.63, 3.8) is 0 Å². The van der Waals surface area contributed by atoms with Gasteiger partial charge in [0.1, 0.15) is 5.75 Å². The van der Waals surface area contributed by atoms with Crippen LogP contribution < -0.4 is 9.64 Å². The molecule has 1 saturated heterocycles. The summed E-state index contributed by atoms with van der Waals surface area (Å²) in [6.07, 6.45) is 5.15. The molecule has 162 valence electrons. The molecule has 30 heavy (non-hydrogen) atoms. The van der Waals surface area contributed by atoms with E-state index >= 15 is 0 Å². The molecule has 0 aliphatic carbocycles. The smallest absolute Gasteiger partial charge is 0.122 e. The highest BCUT2D eigenvalue weighted by molar-refractivity contribution is 5.80. The van der Waals surface area contributed by atoms with E-state index in [4.69, 9.17) is 14.5 Å². The molecule has 0 bridgehead atoms. The lowest BCUT2D eigenvalue weighted by atomic mass is 9.75. The van der Waals surface area contributed by atoms with Crippen molar-refractivity contribution in [2.45, 2.75) is 44.6 Å². The first-order chi connectivity index (χ1) is 14.4. The Morgan fingerprint density at radius 1 is 1.17 bits per heavy atom. The normalized spacial score (nSPS) is 19.6. The maximum atomic E-state index is 5.98. The Morgan fingerprint density at radius 2 is 1.90 bits per heavy atom. The molecule has 0 spiro atoms. The van der Waals surface area contributed by atoms with Crippen molar-refractivity contribution in [1.82, 2.24) is 0 Å². The summed E-state index contributed by atoms with van der Waals surface area (Å²) in [5, 5.41) is 0. The zero-order valence-corrected chi connectivity index (χ0v) is 19.1. The molecule has 0 N–H and O–H groups in total. The second kappa shape index (κ2) is 10.1. The first kappa shape index (κ1) is 22.4. The maximum Gasteiger partial charge on any atom is 0.122 e. The third-order valence-electron chi connectivity index (χ3n) is 6.06. The van der Waals surface area contributed by atoms with Crippen LogP contribution in [-0.2, 0) is 4.74 Å². The Hall–Kier alpha value is -2.33. The van der Waals surface area contributed by atoms with Gasteiger partial charge >= 0.3 is 0 Å². The Labute approximate surface area is 181 Å². The Morgan fingerprint density at radius 3 is 2.57 bits per heavy atom. The summed E-state index contributed by atoms with van der Waals surface area (Å²) < 4.78 is 11.7. The summed E-state index contributed by atoms with van der Waals surface area (Å²) in [6, 6.07) is 17.0. The minimum absolute atomic E-state index is 0.0688. The number of anilines is 1. The van der Waals surface area contributed by atoms with Gasteiger partial charge < -0.3 is 14.4 Å². The number of methoxy groups -OCH3 is 1. The molecule has 2 atom stereocenters. The van der Waals surface area contributed by atoms with E-state index in [2.05, 4.69) is 75.3 Å². The number of nitrogens with zero attached hydrogens (tertiary/aromatic N) is 2. The van der Waals surface area contributed by atoms with Gasteiger partial charge in [-0.2, -0.15) is 0 Å². The summed E-state index contributed by atoms with van der Waals surface area (Å²) >= 11 is 0. The van der Waals surface area contributed by atoms with Crippen LogP contribution in [0, 0.1) is 5.92 Å². The number of ether oxygens (including phenoxy) is 2. The van der Waals surface area contributed by atoms with E-state index in [1.54, 1.807) is 7.11 Å². The second-order valence-corrected chi connectivity index (χ2v) is 9.02. The second-order valence-electron chi connectivity index (χ2n) is 9.02. The Bertz CT molecular complexity index is 827. The maximum absolute atomic E-state index is 5.98. The highest BCUT2D eigenvalue weighted by atomic mass is 16.5. The molecule has 0 radical (unpaired) electrons. The minimum Gasteiger partial charge on any atom is -0.496 e. The lowest BCUT2D eigenvalue weighted by Gasteiger charge is -2.39. The minimum atomic E-state index is -0.0688. The lowest BCUT2D eigenvalue weighted by molar-refractivity contribution is -0.0771. The number of aliphatic imine (C=N–C) groups is 1. The van der Waals surface area contributed by atoms with Crippen LogP contribution in [0.4, 0.5) is 5.69 Å². The molecule has 0 aromatic heterocycles. The summed E-state index contributed by atoms with van der Waals surface area (Å²) in [5.41, 5.74) is 3.57. The van der Waals surface area contributed by atoms with Gasteiger partial charge in [0.2, 0.25) is 0 Å². The summed E-state index contributed by atoms with van der Waals surface area (Å²) in [7, 11) is 5.87. The van der Waals surface area contributed by atoms with Gasteiger partial charge in [-0.15, -0.1) is 0 Å². The Balaban J connectivity index is 1.72. The molecule has 4 heteroatoms. The first-order valence-electron chi connectivity index (χ1n) is 10.9. The fraction of sp³-hybridized carbons (Fsp3) is 0.500. The van der Waals surface area contributed by atoms with Crippen LogP contribution in [0.25, 0.3) is 0 Å². The van der Waals surface area contributed by atoms with E-state index in [-0.39, 0.29) is 5.60 Å². The molecule has 4 nitrogen and oxygen atoms in total. The van der Waals surface area contributed by atoms with Crippen molar-refractivity contribution in [1.29, 1.82) is 0 Å². The van der Waals surface area contributed by atoms with Crippen molar-refractivity contribution < 1.29 is 9.47 Å². The fourth-order valence-corrected chi connectivity index (χ4v) is 4.48. The van der Waals surface area contributed by atoms with Gasteiger partial charge in [-0.3, -0.25) is 4.99 Å². The average Bonchev–Trinajstić information content (AvgIpc) is 2.73. The lowest BCUT2D eigenvalue weighted by Crippen LogP contribution is -2.36. The van der Waals surface area contributed by atoms with E-state index in [1.807, 2.05) is 12.3 Å². The number of hydrogen-bond donors (Lipinski definition) is 0. The molecule has 1 fully saturated rings. The third kappa shape index (κ3) is 5.85. The molecule has 1 heterocycles. The van der Waals surface area contributed by atoms with Crippen molar-refractivity contribution in [3.05, 3.63) is 59.7 Å². The SMILES string of the molecule is COc1ccccc1[C@@H](CCN=Cc1ccc(N(C)C)cc1)[C@@H]1CCOC(C)(C)C1. The van der Waals surface area contributed by atoms with Gasteiger partial charge in [-0.05, 0) is 74.3 Å². The van der Waals surface area contributed by atoms with Crippen LogP contribution in [0.1, 0.15) is 50.2 Å². The number of rotatable bonds is 8. The van der Waals surface area contributed by atoms with Crippen LogP contribution in [0.5, 0.6) is 5.75 Å². The number of hydrogen-bond acceptors (Lipinski definition) is 4. The highest BCUT2D eigenvalue weighted by Crippen LogP contribution is 2.42. The van der Waals surface area contributed by atoms with E-state index in [1.165, 1.54) is 11.3 Å². The predicted molar refractivity (Wildman–Crippen MR) is 126 cm³/mol. The summed E-state index contributed by atoms with van der Waals surface area (Å²) in [5.74, 6) is 1.97. The zero-order chi connectivity index (χ0) is 21.6. The van der Waals surface area contributed by atoms with Crippen molar-refractivity contribution in [3.8, 4) is 5.75 Å². The van der Waals surface area contributed by atoms with E-state index in [9.17, 15) is 0 Å². The van der Waals surface area contributed by atoms with Gasteiger partial charge in [0.15, 0.2) is 0 Å². The summed E-state index contributed by atoms with van der Waals surface area (Å²) in [4.78, 5) is 6.86. The summed E-state index contributed by atoms with van der Waals surface area (Å²) in [6.45, 7) is 6.03. The molecule has 0 unspecified atom stereocenters. The molecule has 0 saturated carbocycles. The van der Waals surface area contributed by atoms with E-state index in [0.29, 0.717) is 11.8 Å². The number of benzene rings is 2. The quantitative estimate of drug-likeness (QED) is 0.536. The van der Waals surface area contributed by atoms with Crippen LogP contribution in [0.2, 0.25) is 0 Å². The molecule has 3 rings (SSSR count). The van der Waals surface area contributed by atoms with Crippen LogP contribution in [0.3, 0.4) is 0 Å². The molecule has 1 aliphatic rings. The average molecular weight is 409 g/mol. The molecule has 1 aliphatic heterocycles. The largest absolute Gasteiger partial charge is 0.496 e. The van der Waals surface area contributed by atoms with E-state index < -0.39 is 0 Å². The van der Waals surface area contributed by atoms with Crippen molar-refractivity contribution in [2.24, 2.45) is 10.9 Å². The monoisotopic (exact) mass is 408 g/mol. The predicted octanol–water partition coefficient (Wildman–Crippen LogP) is 5.56. The van der Waals surface area contributed by atoms with Gasteiger partial charge in [0.05, 0.1) is 12.7 Å². The molecule has 2 aromatic carbocycles. The van der Waals surface area contributed by atoms with Crippen molar-refractivity contribution in [2.75, 3.05) is 39.3 Å². The van der Waals surface area contributed by atoms with Crippen molar-refractivity contribution >= 4 is 11.9 Å². The van der Waals surface area contributed by atoms with Crippen LogP contribution >= 0.6 is 0 Å². The van der Waals surface area contributed by atoms with Gasteiger partial charge in [-0.25, -0.2) is 0 Å². The molecular formula is C26H36N2O2. The molecule has 0 amide bonds. The third-order valence-corrected chi connectivity index (χ3v) is 6.06. The van der Waals surface area contributed by atoms with Gasteiger partial charge in [-0.1, -0.05) is 30.3 Å². The highest BCUT2D eigenvalue weighted by Gasteiger charge is 2.34. The molecular weight excluding hydrogens is 372 g/mol. The standard InChI is InChI=1S/C26H36N2O2/c1-26(2)18-21(15-17-30-26)23(24-8-6-7-9-25(24)29-5)14-16-27-19-20-10-12-22(13-11-20)28(3)4/h6-13,19,21,23H,14-18H2,1-5H3/t21-,23+/m1/s1. The Kier molecular flexibility index (Phi) is 7.54. The van der Waals surface area contributed by atoms with Gasteiger partial charge in [0, 0.05) is 39.1 Å². The first-order valence-corrected chi connectivity index (χ1v) is 10.9. The molecule has 2 aromatic rings. The zero-order valence-electron chi connectivity index (χ0n) is 19.1. The van der Waals surface area contributed by atoms with Crippen LogP contribution in [-0.4, -0.2) is 46.2 Å². The van der Waals surface area contributed by atoms with Crippen LogP contribution in [0.15, 0.2) is 53.5 Å².